The summed E-state index contributed by atoms with van der Waals surface area (Å²) in [5.74, 6) is -2.67. The molecule has 3 heterocycles. The first-order valence-corrected chi connectivity index (χ1v) is 11.9. The maximum Gasteiger partial charge on any atom is 0.270 e. The van der Waals surface area contributed by atoms with Gasteiger partial charge in [-0.15, -0.1) is 0 Å². The van der Waals surface area contributed by atoms with Gasteiger partial charge in [0.05, 0.1) is 17.8 Å². The zero-order chi connectivity index (χ0) is 24.7. The second kappa shape index (κ2) is 9.13. The Morgan fingerprint density at radius 3 is 2.40 bits per heavy atom. The van der Waals surface area contributed by atoms with Crippen molar-refractivity contribution in [2.45, 2.75) is 12.8 Å². The number of nitrogens with one attached hydrogen (secondary N) is 1. The van der Waals surface area contributed by atoms with Gasteiger partial charge in [-0.2, -0.15) is 0 Å². The molecule has 5 nitrogen and oxygen atoms in total. The van der Waals surface area contributed by atoms with E-state index in [-0.39, 0.29) is 5.56 Å². The normalized spacial score (nSPS) is 14.5. The van der Waals surface area contributed by atoms with Gasteiger partial charge in [-0.25, -0.2) is 13.8 Å². The lowest BCUT2D eigenvalue weighted by atomic mass is 9.95. The zero-order valence-electron chi connectivity index (χ0n) is 19.9. The van der Waals surface area contributed by atoms with Crippen LogP contribution in [0.2, 0.25) is 5.02 Å². The van der Waals surface area contributed by atoms with Gasteiger partial charge in [0.15, 0.2) is 0 Å². The topological polar surface area (TPSA) is 42.3 Å². The summed E-state index contributed by atoms with van der Waals surface area (Å²) in [6.07, 6.45) is 1.66. The predicted molar refractivity (Wildman–Crippen MR) is 138 cm³/mol. The molecule has 1 fully saturated rings. The van der Waals surface area contributed by atoms with Gasteiger partial charge in [0, 0.05) is 68.5 Å². The number of benzene rings is 2. The number of methoxy groups -OCH3 is 1. The Bertz CT molecular complexity index is 1370. The van der Waals surface area contributed by atoms with Crippen molar-refractivity contribution in [1.82, 2.24) is 14.9 Å². The van der Waals surface area contributed by atoms with Gasteiger partial charge < -0.3 is 19.5 Å². The number of hydrogen-bond donors (Lipinski definition) is 1. The Morgan fingerprint density at radius 1 is 1.03 bits per heavy atom. The minimum Gasteiger partial charge on any atom is -0.497 e. The Labute approximate surface area is 208 Å². The van der Waals surface area contributed by atoms with E-state index < -0.39 is 5.92 Å². The van der Waals surface area contributed by atoms with Crippen molar-refractivity contribution >= 4 is 28.3 Å². The molecule has 1 aliphatic rings. The molecule has 1 aliphatic heterocycles. The molecule has 1 N–H and O–H groups in total. The van der Waals surface area contributed by atoms with Crippen molar-refractivity contribution < 1.29 is 13.5 Å². The van der Waals surface area contributed by atoms with Crippen LogP contribution >= 0.6 is 11.6 Å². The molecule has 0 bridgehead atoms. The number of halogens is 3. The maximum atomic E-state index is 14.4. The van der Waals surface area contributed by atoms with Crippen LogP contribution in [0.4, 0.5) is 14.5 Å². The third-order valence-electron chi connectivity index (χ3n) is 6.58. The summed E-state index contributed by atoms with van der Waals surface area (Å²) in [4.78, 5) is 6.91. The summed E-state index contributed by atoms with van der Waals surface area (Å²) < 4.78 is 36.2. The lowest BCUT2D eigenvalue weighted by molar-refractivity contribution is 0.0173. The van der Waals surface area contributed by atoms with E-state index in [1.54, 1.807) is 18.3 Å². The minimum absolute atomic E-state index is 0.121. The molecule has 0 radical (unpaired) electrons. The molecule has 0 saturated carbocycles. The van der Waals surface area contributed by atoms with Crippen LogP contribution < -0.4 is 15.0 Å². The molecule has 2 aromatic carbocycles. The monoisotopic (exact) mass is 496 g/mol. The largest absolute Gasteiger partial charge is 0.497 e. The first-order chi connectivity index (χ1) is 16.8. The van der Waals surface area contributed by atoms with E-state index in [1.807, 2.05) is 11.6 Å². The molecular weight excluding hydrogens is 470 g/mol. The number of alkyl halides is 2. The average Bonchev–Trinajstić information content (AvgIpc) is 3.17. The standard InChI is InChI=1S/C27H27ClF2N4O/c1-27(29,30)19-14-18(15-21(16-19)35-3)23-24-22(28)8-9-32-26(24)33(2)25(23)17-4-6-20(7-5-17)34-12-10-31-11-13-34/h4-9,14-16,31H,10-13H2,1-3H3. The molecule has 5 rings (SSSR count). The molecule has 0 aliphatic carbocycles. The second-order valence-corrected chi connectivity index (χ2v) is 9.30. The molecule has 35 heavy (non-hydrogen) atoms. The van der Waals surface area contributed by atoms with Crippen LogP contribution in [0, 0.1) is 0 Å². The first kappa shape index (κ1) is 23.6. The number of rotatable bonds is 5. The summed E-state index contributed by atoms with van der Waals surface area (Å²) in [5.41, 5.74) is 4.86. The van der Waals surface area contributed by atoms with Crippen molar-refractivity contribution in [3.63, 3.8) is 0 Å². The number of aromatic nitrogens is 2. The summed E-state index contributed by atoms with van der Waals surface area (Å²) in [5, 5.41) is 4.60. The van der Waals surface area contributed by atoms with Gasteiger partial charge >= 0.3 is 0 Å². The molecule has 0 unspecified atom stereocenters. The van der Waals surface area contributed by atoms with E-state index in [4.69, 9.17) is 16.3 Å². The Kier molecular flexibility index (Phi) is 6.15. The summed E-state index contributed by atoms with van der Waals surface area (Å²) in [6.45, 7) is 4.71. The van der Waals surface area contributed by atoms with Gasteiger partial charge in [-0.3, -0.25) is 0 Å². The molecule has 8 heteroatoms. The highest BCUT2D eigenvalue weighted by atomic mass is 35.5. The Balaban J connectivity index is 1.73. The molecule has 182 valence electrons. The number of piperazine rings is 1. The summed E-state index contributed by atoms with van der Waals surface area (Å²) in [6, 6.07) is 14.7. The van der Waals surface area contributed by atoms with Crippen LogP contribution in [0.1, 0.15) is 12.5 Å². The van der Waals surface area contributed by atoms with E-state index >= 15 is 0 Å². The zero-order valence-corrected chi connectivity index (χ0v) is 20.7. The van der Waals surface area contributed by atoms with Crippen LogP contribution in [0.3, 0.4) is 0 Å². The van der Waals surface area contributed by atoms with Gasteiger partial charge in [0.25, 0.3) is 5.92 Å². The molecule has 2 aromatic heterocycles. The number of fused-ring (bicyclic) bond motifs is 1. The van der Waals surface area contributed by atoms with Crippen LogP contribution in [-0.4, -0.2) is 42.8 Å². The summed E-state index contributed by atoms with van der Waals surface area (Å²) in [7, 11) is 3.40. The van der Waals surface area contributed by atoms with Crippen molar-refractivity contribution in [1.29, 1.82) is 0 Å². The SMILES string of the molecule is COc1cc(-c2c(-c3ccc(N4CCNCC4)cc3)n(C)c3nccc(Cl)c23)cc(C(C)(F)F)c1. The van der Waals surface area contributed by atoms with E-state index in [1.165, 1.54) is 19.2 Å². The number of hydrogen-bond acceptors (Lipinski definition) is 4. The lowest BCUT2D eigenvalue weighted by Gasteiger charge is -2.29. The van der Waals surface area contributed by atoms with Crippen LogP contribution in [0.15, 0.2) is 54.7 Å². The van der Waals surface area contributed by atoms with E-state index in [0.717, 1.165) is 61.0 Å². The van der Waals surface area contributed by atoms with Crippen LogP contribution in [0.25, 0.3) is 33.4 Å². The highest BCUT2D eigenvalue weighted by Crippen LogP contribution is 2.45. The number of aryl methyl sites for hydroxylation is 1. The van der Waals surface area contributed by atoms with Gasteiger partial charge in [-0.1, -0.05) is 23.7 Å². The fraction of sp³-hybridized carbons (Fsp3) is 0.296. The molecule has 4 aromatic rings. The van der Waals surface area contributed by atoms with Crippen molar-refractivity contribution in [2.75, 3.05) is 38.2 Å². The Morgan fingerprint density at radius 2 is 1.74 bits per heavy atom. The smallest absolute Gasteiger partial charge is 0.270 e. The predicted octanol–water partition coefficient (Wildman–Crippen LogP) is 6.09. The highest BCUT2D eigenvalue weighted by Gasteiger charge is 2.28. The van der Waals surface area contributed by atoms with Crippen molar-refractivity contribution in [2.24, 2.45) is 7.05 Å². The number of ether oxygens (including phenoxy) is 1. The van der Waals surface area contributed by atoms with Crippen LogP contribution in [-0.2, 0) is 13.0 Å². The van der Waals surface area contributed by atoms with Crippen molar-refractivity contribution in [3.8, 4) is 28.1 Å². The molecule has 0 atom stereocenters. The second-order valence-electron chi connectivity index (χ2n) is 8.90. The van der Waals surface area contributed by atoms with E-state index in [9.17, 15) is 8.78 Å². The molecule has 0 amide bonds. The number of anilines is 1. The fourth-order valence-corrected chi connectivity index (χ4v) is 5.03. The molecule has 0 spiro atoms. The minimum atomic E-state index is -3.03. The molecular formula is C27H27ClF2N4O. The van der Waals surface area contributed by atoms with Crippen LogP contribution in [0.5, 0.6) is 5.75 Å². The summed E-state index contributed by atoms with van der Waals surface area (Å²) >= 11 is 6.67. The Hall–Kier alpha value is -3.16. The number of pyridine rings is 1. The van der Waals surface area contributed by atoms with Gasteiger partial charge in [0.2, 0.25) is 0 Å². The van der Waals surface area contributed by atoms with E-state index in [2.05, 4.69) is 39.5 Å². The molecule has 1 saturated heterocycles. The lowest BCUT2D eigenvalue weighted by Crippen LogP contribution is -2.43. The fourth-order valence-electron chi connectivity index (χ4n) is 4.79. The highest BCUT2D eigenvalue weighted by molar-refractivity contribution is 6.37. The maximum absolute atomic E-state index is 14.4. The first-order valence-electron chi connectivity index (χ1n) is 11.5. The number of nitrogens with zero attached hydrogens (tertiary/aromatic N) is 3. The third kappa shape index (κ3) is 4.34. The van der Waals surface area contributed by atoms with E-state index in [0.29, 0.717) is 22.0 Å². The third-order valence-corrected chi connectivity index (χ3v) is 6.90. The van der Waals surface area contributed by atoms with Gasteiger partial charge in [-0.05, 0) is 47.5 Å². The van der Waals surface area contributed by atoms with Gasteiger partial charge in [0.1, 0.15) is 11.4 Å². The van der Waals surface area contributed by atoms with Crippen molar-refractivity contribution in [3.05, 3.63) is 65.3 Å². The quantitative estimate of drug-likeness (QED) is 0.363. The average molecular weight is 497 g/mol.